The fraction of sp³-hybridized carbons (Fsp3) is 0.267. The second kappa shape index (κ2) is 6.01. The van der Waals surface area contributed by atoms with Crippen LogP contribution in [0.2, 0.25) is 0 Å². The monoisotopic (exact) mass is 304 g/mol. The molecule has 0 amide bonds. The van der Waals surface area contributed by atoms with Crippen LogP contribution in [0.4, 0.5) is 0 Å². The highest BCUT2D eigenvalue weighted by atomic mass is 32.1. The molecule has 0 spiro atoms. The maximum absolute atomic E-state index is 10.2. The molecule has 104 valence electrons. The fourth-order valence-corrected chi connectivity index (χ4v) is 3.90. The summed E-state index contributed by atoms with van der Waals surface area (Å²) in [5.74, 6) is 0. The summed E-state index contributed by atoms with van der Waals surface area (Å²) in [5.41, 5.74) is 0. The van der Waals surface area contributed by atoms with Crippen molar-refractivity contribution >= 4 is 32.8 Å². The van der Waals surface area contributed by atoms with Gasteiger partial charge in [-0.3, -0.25) is 0 Å². The van der Waals surface area contributed by atoms with E-state index in [0.717, 1.165) is 16.4 Å². The van der Waals surface area contributed by atoms with Crippen LogP contribution >= 0.6 is 22.7 Å². The van der Waals surface area contributed by atoms with E-state index in [1.54, 1.807) is 22.7 Å². The number of hydrogen-bond donors (Lipinski definition) is 2. The zero-order valence-corrected chi connectivity index (χ0v) is 12.8. The zero-order valence-electron chi connectivity index (χ0n) is 11.2. The lowest BCUT2D eigenvalue weighted by Crippen LogP contribution is -2.19. The second-order valence-electron chi connectivity index (χ2n) is 4.68. The molecule has 0 aliphatic rings. The first-order valence-corrected chi connectivity index (χ1v) is 8.14. The summed E-state index contributed by atoms with van der Waals surface area (Å²) in [5, 5.41) is 15.8. The SMILES string of the molecule is Cc1ncc(CNCC(O)c2cc3ccccc3s2)s1. The third kappa shape index (κ3) is 3.07. The molecule has 2 N–H and O–H groups in total. The molecule has 2 heterocycles. The van der Waals surface area contributed by atoms with Gasteiger partial charge in [-0.25, -0.2) is 4.98 Å². The summed E-state index contributed by atoms with van der Waals surface area (Å²) in [4.78, 5) is 6.43. The molecule has 2 aromatic heterocycles. The maximum atomic E-state index is 10.2. The van der Waals surface area contributed by atoms with E-state index < -0.39 is 6.10 Å². The van der Waals surface area contributed by atoms with Gasteiger partial charge in [-0.1, -0.05) is 18.2 Å². The Bertz CT molecular complexity index is 672. The van der Waals surface area contributed by atoms with E-state index in [1.165, 1.54) is 15.0 Å². The van der Waals surface area contributed by atoms with Gasteiger partial charge < -0.3 is 10.4 Å². The molecule has 1 atom stereocenters. The van der Waals surface area contributed by atoms with Crippen molar-refractivity contribution in [3.05, 3.63) is 51.3 Å². The average Bonchev–Trinajstić information content (AvgIpc) is 3.04. The Morgan fingerprint density at radius 1 is 1.30 bits per heavy atom. The van der Waals surface area contributed by atoms with Crippen molar-refractivity contribution in [2.24, 2.45) is 0 Å². The van der Waals surface area contributed by atoms with E-state index in [1.807, 2.05) is 25.3 Å². The van der Waals surface area contributed by atoms with Crippen molar-refractivity contribution in [2.75, 3.05) is 6.54 Å². The molecular formula is C15H16N2OS2. The highest BCUT2D eigenvalue weighted by Crippen LogP contribution is 2.29. The van der Waals surface area contributed by atoms with Crippen molar-refractivity contribution in [1.29, 1.82) is 0 Å². The standard InChI is InChI=1S/C15H16N2OS2/c1-10-17-8-12(19-10)7-16-9-13(18)15-6-11-4-2-3-5-14(11)20-15/h2-6,8,13,16,18H,7,9H2,1H3. The van der Waals surface area contributed by atoms with Gasteiger partial charge >= 0.3 is 0 Å². The van der Waals surface area contributed by atoms with Crippen molar-refractivity contribution in [3.8, 4) is 0 Å². The molecule has 0 saturated carbocycles. The molecule has 0 bridgehead atoms. The van der Waals surface area contributed by atoms with Crippen molar-refractivity contribution in [3.63, 3.8) is 0 Å². The van der Waals surface area contributed by atoms with Crippen LogP contribution in [0.25, 0.3) is 10.1 Å². The van der Waals surface area contributed by atoms with Crippen LogP contribution in [0.5, 0.6) is 0 Å². The summed E-state index contributed by atoms with van der Waals surface area (Å²) >= 11 is 3.34. The van der Waals surface area contributed by atoms with Crippen molar-refractivity contribution < 1.29 is 5.11 Å². The van der Waals surface area contributed by atoms with E-state index >= 15 is 0 Å². The number of aromatic nitrogens is 1. The third-order valence-electron chi connectivity index (χ3n) is 3.08. The Balaban J connectivity index is 1.59. The first kappa shape index (κ1) is 13.7. The summed E-state index contributed by atoms with van der Waals surface area (Å²) in [6.45, 7) is 3.32. The van der Waals surface area contributed by atoms with E-state index in [0.29, 0.717) is 6.54 Å². The number of aryl methyl sites for hydroxylation is 1. The Kier molecular flexibility index (Phi) is 4.12. The molecule has 0 aliphatic heterocycles. The van der Waals surface area contributed by atoms with Crippen LogP contribution in [0.1, 0.15) is 20.9 Å². The number of benzene rings is 1. The van der Waals surface area contributed by atoms with E-state index in [-0.39, 0.29) is 0 Å². The first-order chi connectivity index (χ1) is 9.72. The van der Waals surface area contributed by atoms with Crippen LogP contribution in [0.3, 0.4) is 0 Å². The average molecular weight is 304 g/mol. The van der Waals surface area contributed by atoms with Crippen molar-refractivity contribution in [2.45, 2.75) is 19.6 Å². The first-order valence-electron chi connectivity index (χ1n) is 6.51. The van der Waals surface area contributed by atoms with Gasteiger partial charge in [-0.2, -0.15) is 0 Å². The lowest BCUT2D eigenvalue weighted by Gasteiger charge is -2.08. The van der Waals surface area contributed by atoms with Crippen LogP contribution in [0, 0.1) is 6.92 Å². The van der Waals surface area contributed by atoms with E-state index in [9.17, 15) is 5.11 Å². The summed E-state index contributed by atoms with van der Waals surface area (Å²) < 4.78 is 1.22. The Morgan fingerprint density at radius 3 is 2.90 bits per heavy atom. The van der Waals surface area contributed by atoms with E-state index in [2.05, 4.69) is 28.5 Å². The van der Waals surface area contributed by atoms with Crippen LogP contribution in [0.15, 0.2) is 36.5 Å². The molecule has 0 radical (unpaired) electrons. The van der Waals surface area contributed by atoms with Gasteiger partial charge in [-0.05, 0) is 24.4 Å². The predicted molar refractivity (Wildman–Crippen MR) is 85.3 cm³/mol. The number of nitrogens with one attached hydrogen (secondary N) is 1. The van der Waals surface area contributed by atoms with E-state index in [4.69, 9.17) is 0 Å². The van der Waals surface area contributed by atoms with Crippen molar-refractivity contribution in [1.82, 2.24) is 10.3 Å². The Hall–Kier alpha value is -1.27. The molecule has 0 aliphatic carbocycles. The number of aliphatic hydroxyl groups is 1. The van der Waals surface area contributed by atoms with Crippen LogP contribution < -0.4 is 5.32 Å². The summed E-state index contributed by atoms with van der Waals surface area (Å²) in [6.07, 6.45) is 1.43. The van der Waals surface area contributed by atoms with Gasteiger partial charge in [0, 0.05) is 33.7 Å². The van der Waals surface area contributed by atoms with Gasteiger partial charge in [0.2, 0.25) is 0 Å². The fourth-order valence-electron chi connectivity index (χ4n) is 2.09. The van der Waals surface area contributed by atoms with Gasteiger partial charge in [0.15, 0.2) is 0 Å². The highest BCUT2D eigenvalue weighted by molar-refractivity contribution is 7.19. The van der Waals surface area contributed by atoms with Gasteiger partial charge in [0.1, 0.15) is 6.10 Å². The summed E-state index contributed by atoms with van der Waals surface area (Å²) in [7, 11) is 0. The number of nitrogens with zero attached hydrogens (tertiary/aromatic N) is 1. The second-order valence-corrected chi connectivity index (χ2v) is 7.11. The van der Waals surface area contributed by atoms with Gasteiger partial charge in [0.05, 0.1) is 5.01 Å². The number of rotatable bonds is 5. The lowest BCUT2D eigenvalue weighted by molar-refractivity contribution is 0.178. The molecule has 3 aromatic rings. The molecule has 5 heteroatoms. The zero-order chi connectivity index (χ0) is 13.9. The number of hydrogen-bond acceptors (Lipinski definition) is 5. The molecular weight excluding hydrogens is 288 g/mol. The Labute approximate surface area is 125 Å². The summed E-state index contributed by atoms with van der Waals surface area (Å²) in [6, 6.07) is 10.3. The smallest absolute Gasteiger partial charge is 0.101 e. The predicted octanol–water partition coefficient (Wildman–Crippen LogP) is 3.49. The number of thiophene rings is 1. The minimum Gasteiger partial charge on any atom is -0.386 e. The van der Waals surface area contributed by atoms with Crippen LogP contribution in [-0.4, -0.2) is 16.6 Å². The quantitative estimate of drug-likeness (QED) is 0.758. The number of aliphatic hydroxyl groups excluding tert-OH is 1. The van der Waals surface area contributed by atoms with Gasteiger partial charge in [-0.15, -0.1) is 22.7 Å². The van der Waals surface area contributed by atoms with Gasteiger partial charge in [0.25, 0.3) is 0 Å². The number of fused-ring (bicyclic) bond motifs is 1. The highest BCUT2D eigenvalue weighted by Gasteiger charge is 2.11. The minimum absolute atomic E-state index is 0.457. The molecule has 3 nitrogen and oxygen atoms in total. The third-order valence-corrected chi connectivity index (χ3v) is 5.21. The normalized spacial score (nSPS) is 12.9. The molecule has 0 saturated heterocycles. The molecule has 3 rings (SSSR count). The van der Waals surface area contributed by atoms with Crippen LogP contribution in [-0.2, 0) is 6.54 Å². The topological polar surface area (TPSA) is 45.2 Å². The maximum Gasteiger partial charge on any atom is 0.101 e. The lowest BCUT2D eigenvalue weighted by atomic mass is 10.2. The molecule has 0 fully saturated rings. The number of thiazole rings is 1. The molecule has 20 heavy (non-hydrogen) atoms. The Morgan fingerprint density at radius 2 is 2.15 bits per heavy atom. The largest absolute Gasteiger partial charge is 0.386 e. The molecule has 1 unspecified atom stereocenters. The minimum atomic E-state index is -0.457. The molecule has 1 aromatic carbocycles.